The van der Waals surface area contributed by atoms with E-state index >= 15 is 0 Å². The first-order valence-corrected chi connectivity index (χ1v) is 10.1. The Labute approximate surface area is 168 Å². The van der Waals surface area contributed by atoms with E-state index in [4.69, 9.17) is 4.74 Å². The first-order valence-electron chi connectivity index (χ1n) is 10.1. The minimum absolute atomic E-state index is 0.110. The highest BCUT2D eigenvalue weighted by atomic mass is 16.5. The number of methoxy groups -OCH3 is 1. The van der Waals surface area contributed by atoms with Crippen molar-refractivity contribution in [2.24, 2.45) is 0 Å². The van der Waals surface area contributed by atoms with Gasteiger partial charge in [0, 0.05) is 25.2 Å². The van der Waals surface area contributed by atoms with Gasteiger partial charge >= 0.3 is 0 Å². The molecule has 152 valence electrons. The van der Waals surface area contributed by atoms with Crippen molar-refractivity contribution in [1.82, 2.24) is 4.90 Å². The Morgan fingerprint density at radius 2 is 1.64 bits per heavy atom. The summed E-state index contributed by atoms with van der Waals surface area (Å²) in [6.45, 7) is 8.63. The van der Waals surface area contributed by atoms with Gasteiger partial charge in [-0.05, 0) is 35.4 Å². The molecular formula is C24H33NO3. The zero-order valence-corrected chi connectivity index (χ0v) is 17.5. The molecule has 2 aromatic carbocycles. The van der Waals surface area contributed by atoms with Crippen molar-refractivity contribution in [2.75, 3.05) is 26.7 Å². The number of nitrogens with zero attached hydrogens (tertiary/aromatic N) is 1. The summed E-state index contributed by atoms with van der Waals surface area (Å²) in [5.41, 5.74) is 2.30. The van der Waals surface area contributed by atoms with Crippen LogP contribution in [-0.4, -0.2) is 41.9 Å². The molecule has 28 heavy (non-hydrogen) atoms. The molecule has 0 unspecified atom stereocenters. The Balaban J connectivity index is 1.61. The molecule has 1 atom stereocenters. The van der Waals surface area contributed by atoms with Crippen LogP contribution in [0.5, 0.6) is 5.75 Å². The van der Waals surface area contributed by atoms with Crippen LogP contribution in [0.4, 0.5) is 0 Å². The Morgan fingerprint density at radius 3 is 2.21 bits per heavy atom. The third-order valence-corrected chi connectivity index (χ3v) is 5.88. The lowest BCUT2D eigenvalue weighted by Crippen LogP contribution is -2.44. The van der Waals surface area contributed by atoms with Crippen LogP contribution in [0.1, 0.15) is 56.4 Å². The predicted molar refractivity (Wildman–Crippen MR) is 113 cm³/mol. The summed E-state index contributed by atoms with van der Waals surface area (Å²) in [5, 5.41) is 21.8. The molecule has 0 bridgehead atoms. The number of piperidine rings is 1. The van der Waals surface area contributed by atoms with Crippen LogP contribution < -0.4 is 4.74 Å². The van der Waals surface area contributed by atoms with E-state index in [2.05, 4.69) is 37.8 Å². The van der Waals surface area contributed by atoms with E-state index in [-0.39, 0.29) is 5.41 Å². The van der Waals surface area contributed by atoms with Crippen LogP contribution in [0, 0.1) is 0 Å². The second kappa shape index (κ2) is 8.24. The molecule has 0 amide bonds. The van der Waals surface area contributed by atoms with Gasteiger partial charge in [-0.1, -0.05) is 63.2 Å². The lowest BCUT2D eigenvalue weighted by Gasteiger charge is -2.39. The minimum Gasteiger partial charge on any atom is -0.496 e. The number of hydrogen-bond acceptors (Lipinski definition) is 4. The SMILES string of the molecule is COc1ccccc1C1(O)CCN(C[C@H](O)c2ccc(C(C)(C)C)cc2)CC1. The first-order chi connectivity index (χ1) is 13.2. The smallest absolute Gasteiger partial charge is 0.124 e. The summed E-state index contributed by atoms with van der Waals surface area (Å²) in [5.74, 6) is 0.734. The average Bonchev–Trinajstić information content (AvgIpc) is 2.69. The highest BCUT2D eigenvalue weighted by Gasteiger charge is 2.36. The third kappa shape index (κ3) is 4.57. The second-order valence-electron chi connectivity index (χ2n) is 8.92. The maximum atomic E-state index is 11.2. The summed E-state index contributed by atoms with van der Waals surface area (Å²) in [7, 11) is 1.64. The Bertz CT molecular complexity index is 771. The molecule has 1 heterocycles. The highest BCUT2D eigenvalue weighted by Crippen LogP contribution is 2.38. The van der Waals surface area contributed by atoms with Crippen LogP contribution in [0.25, 0.3) is 0 Å². The van der Waals surface area contributed by atoms with Crippen molar-refractivity contribution >= 4 is 0 Å². The van der Waals surface area contributed by atoms with Gasteiger partial charge in [-0.15, -0.1) is 0 Å². The van der Waals surface area contributed by atoms with Crippen LogP contribution in [0.15, 0.2) is 48.5 Å². The van der Waals surface area contributed by atoms with Gasteiger partial charge in [0.1, 0.15) is 5.75 Å². The molecule has 1 fully saturated rings. The third-order valence-electron chi connectivity index (χ3n) is 5.88. The molecule has 2 N–H and O–H groups in total. The molecule has 1 aliphatic rings. The molecule has 0 spiro atoms. The van der Waals surface area contributed by atoms with Crippen LogP contribution in [-0.2, 0) is 11.0 Å². The van der Waals surface area contributed by atoms with Gasteiger partial charge in [-0.2, -0.15) is 0 Å². The predicted octanol–water partition coefficient (Wildman–Crippen LogP) is 4.01. The summed E-state index contributed by atoms with van der Waals surface area (Å²) in [6.07, 6.45) is 0.734. The number of likely N-dealkylation sites (tertiary alicyclic amines) is 1. The second-order valence-corrected chi connectivity index (χ2v) is 8.92. The molecule has 1 aliphatic heterocycles. The Kier molecular flexibility index (Phi) is 6.13. The molecule has 0 radical (unpaired) electrons. The van der Waals surface area contributed by atoms with E-state index in [1.54, 1.807) is 7.11 Å². The highest BCUT2D eigenvalue weighted by molar-refractivity contribution is 5.38. The number of ether oxygens (including phenoxy) is 1. The number of para-hydroxylation sites is 1. The molecule has 0 aliphatic carbocycles. The van der Waals surface area contributed by atoms with E-state index in [0.717, 1.165) is 30.0 Å². The summed E-state index contributed by atoms with van der Waals surface area (Å²) in [6, 6.07) is 16.0. The van der Waals surface area contributed by atoms with Gasteiger partial charge in [0.05, 0.1) is 18.8 Å². The molecular weight excluding hydrogens is 350 g/mol. The molecule has 0 saturated carbocycles. The number of β-amino-alcohol motifs (C(OH)–C–C–N with tert-alkyl or cyclic N) is 1. The fourth-order valence-corrected chi connectivity index (χ4v) is 3.96. The largest absolute Gasteiger partial charge is 0.496 e. The van der Waals surface area contributed by atoms with Crippen LogP contribution >= 0.6 is 0 Å². The summed E-state index contributed by atoms with van der Waals surface area (Å²) >= 11 is 0. The molecule has 1 saturated heterocycles. The monoisotopic (exact) mass is 383 g/mol. The molecule has 0 aromatic heterocycles. The van der Waals surface area contributed by atoms with Gasteiger partial charge in [-0.3, -0.25) is 0 Å². The average molecular weight is 384 g/mol. The van der Waals surface area contributed by atoms with Crippen molar-refractivity contribution in [3.8, 4) is 5.75 Å². The summed E-state index contributed by atoms with van der Waals surface area (Å²) in [4.78, 5) is 2.23. The number of aliphatic hydroxyl groups excluding tert-OH is 1. The minimum atomic E-state index is -0.873. The topological polar surface area (TPSA) is 52.9 Å². The van der Waals surface area contributed by atoms with Gasteiger partial charge in [0.15, 0.2) is 0 Å². The van der Waals surface area contributed by atoms with Crippen molar-refractivity contribution < 1.29 is 14.9 Å². The number of rotatable bonds is 5. The Hall–Kier alpha value is -1.88. The van der Waals surface area contributed by atoms with Gasteiger partial charge < -0.3 is 19.8 Å². The van der Waals surface area contributed by atoms with Crippen molar-refractivity contribution in [3.63, 3.8) is 0 Å². The van der Waals surface area contributed by atoms with Gasteiger partial charge in [-0.25, -0.2) is 0 Å². The fourth-order valence-electron chi connectivity index (χ4n) is 3.96. The van der Waals surface area contributed by atoms with E-state index in [9.17, 15) is 10.2 Å². The zero-order chi connectivity index (χ0) is 20.4. The molecule has 2 aromatic rings. The van der Waals surface area contributed by atoms with E-state index < -0.39 is 11.7 Å². The number of benzene rings is 2. The van der Waals surface area contributed by atoms with Gasteiger partial charge in [0.2, 0.25) is 0 Å². The van der Waals surface area contributed by atoms with E-state index in [0.29, 0.717) is 19.4 Å². The first kappa shape index (κ1) is 20.8. The summed E-state index contributed by atoms with van der Waals surface area (Å²) < 4.78 is 5.43. The molecule has 4 nitrogen and oxygen atoms in total. The van der Waals surface area contributed by atoms with E-state index in [1.807, 2.05) is 36.4 Å². The quantitative estimate of drug-likeness (QED) is 0.819. The van der Waals surface area contributed by atoms with Crippen LogP contribution in [0.3, 0.4) is 0 Å². The van der Waals surface area contributed by atoms with Crippen molar-refractivity contribution in [2.45, 2.75) is 50.7 Å². The number of aliphatic hydroxyl groups is 2. The zero-order valence-electron chi connectivity index (χ0n) is 17.5. The standard InChI is InChI=1S/C24H33NO3/c1-23(2,3)19-11-9-18(10-12-19)21(26)17-25-15-13-24(27,14-16-25)20-7-5-6-8-22(20)28-4/h5-12,21,26-27H,13-17H2,1-4H3/t21-/m0/s1. The molecule has 4 heteroatoms. The lowest BCUT2D eigenvalue weighted by atomic mass is 9.83. The maximum Gasteiger partial charge on any atom is 0.124 e. The fraction of sp³-hybridized carbons (Fsp3) is 0.500. The molecule has 3 rings (SSSR count). The Morgan fingerprint density at radius 1 is 1.04 bits per heavy atom. The van der Waals surface area contributed by atoms with Crippen molar-refractivity contribution in [1.29, 1.82) is 0 Å². The van der Waals surface area contributed by atoms with Gasteiger partial charge in [0.25, 0.3) is 0 Å². The van der Waals surface area contributed by atoms with E-state index in [1.165, 1.54) is 5.56 Å². The normalized spacial score (nSPS) is 18.6. The number of hydrogen-bond donors (Lipinski definition) is 2. The maximum absolute atomic E-state index is 11.2. The van der Waals surface area contributed by atoms with Crippen molar-refractivity contribution in [3.05, 3.63) is 65.2 Å². The van der Waals surface area contributed by atoms with Crippen LogP contribution in [0.2, 0.25) is 0 Å². The lowest BCUT2D eigenvalue weighted by molar-refractivity contribution is -0.0358.